The summed E-state index contributed by atoms with van der Waals surface area (Å²) < 4.78 is 0. The number of H-pyrrole nitrogens is 1. The van der Waals surface area contributed by atoms with E-state index in [1.54, 1.807) is 0 Å². The number of anilines is 1. The minimum absolute atomic E-state index is 0. The van der Waals surface area contributed by atoms with Crippen LogP contribution in [-0.2, 0) is 0 Å². The molecule has 17 heavy (non-hydrogen) atoms. The third kappa shape index (κ3) is 2.70. The molecule has 0 spiro atoms. The first-order valence-electron chi connectivity index (χ1n) is 5.83. The molecule has 0 aromatic carbocycles. The molecule has 0 atom stereocenters. The summed E-state index contributed by atoms with van der Waals surface area (Å²) in [5.74, 6) is 0.974. The summed E-state index contributed by atoms with van der Waals surface area (Å²) in [4.78, 5) is 7.68. The van der Waals surface area contributed by atoms with E-state index in [2.05, 4.69) is 32.7 Å². The fourth-order valence-electron chi connectivity index (χ4n) is 2.19. The Labute approximate surface area is 107 Å². The van der Waals surface area contributed by atoms with Gasteiger partial charge in [0.05, 0.1) is 0 Å². The van der Waals surface area contributed by atoms with Gasteiger partial charge in [0, 0.05) is 17.6 Å². The minimum Gasteiger partial charge on any atom is -0.367 e. The Morgan fingerprint density at radius 3 is 2.82 bits per heavy atom. The average molecular weight is 253 g/mol. The highest BCUT2D eigenvalue weighted by molar-refractivity contribution is 5.85. The number of aromatic nitrogens is 2. The Balaban J connectivity index is 0.00000108. The molecule has 2 aromatic heterocycles. The van der Waals surface area contributed by atoms with Gasteiger partial charge in [-0.1, -0.05) is 0 Å². The second-order valence-electron chi connectivity index (χ2n) is 4.28. The predicted molar refractivity (Wildman–Crippen MR) is 72.9 cm³/mol. The van der Waals surface area contributed by atoms with Gasteiger partial charge >= 0.3 is 0 Å². The fraction of sp³-hybridized carbons (Fsp3) is 0.417. The molecule has 0 amide bonds. The molecule has 4 nitrogen and oxygen atoms in total. The molecule has 2 aromatic rings. The molecular formula is C12H17ClN4. The Morgan fingerprint density at radius 2 is 2.00 bits per heavy atom. The number of piperidine rings is 1. The van der Waals surface area contributed by atoms with Crippen LogP contribution in [0.25, 0.3) is 11.0 Å². The van der Waals surface area contributed by atoms with Gasteiger partial charge in [-0.25, -0.2) is 4.98 Å². The summed E-state index contributed by atoms with van der Waals surface area (Å²) in [6.45, 7) is 2.20. The summed E-state index contributed by atoms with van der Waals surface area (Å²) in [6.07, 6.45) is 4.26. The van der Waals surface area contributed by atoms with Crippen molar-refractivity contribution in [1.82, 2.24) is 15.3 Å². The van der Waals surface area contributed by atoms with Gasteiger partial charge in [-0.15, -0.1) is 12.4 Å². The van der Waals surface area contributed by atoms with Crippen molar-refractivity contribution in [2.75, 3.05) is 18.4 Å². The second kappa shape index (κ2) is 5.38. The Morgan fingerprint density at radius 1 is 1.18 bits per heavy atom. The summed E-state index contributed by atoms with van der Waals surface area (Å²) >= 11 is 0. The van der Waals surface area contributed by atoms with Crippen LogP contribution in [0.5, 0.6) is 0 Å². The molecule has 0 unspecified atom stereocenters. The van der Waals surface area contributed by atoms with Gasteiger partial charge in [0.1, 0.15) is 11.5 Å². The van der Waals surface area contributed by atoms with Crippen molar-refractivity contribution in [2.24, 2.45) is 0 Å². The van der Waals surface area contributed by atoms with Crippen molar-refractivity contribution < 1.29 is 0 Å². The van der Waals surface area contributed by atoms with E-state index >= 15 is 0 Å². The maximum Gasteiger partial charge on any atom is 0.139 e. The topological polar surface area (TPSA) is 52.7 Å². The standard InChI is InChI=1S/C12H16N4.ClH/c1-2-11(15-10-4-6-13-7-5-10)16-12-9(1)3-8-14-12;/h1-3,8,10,13H,4-7H2,(H2,14,15,16);1H. The van der Waals surface area contributed by atoms with Crippen LogP contribution in [-0.4, -0.2) is 29.1 Å². The normalized spacial score (nSPS) is 16.7. The van der Waals surface area contributed by atoms with Crippen molar-refractivity contribution in [3.05, 3.63) is 24.4 Å². The van der Waals surface area contributed by atoms with Crippen LogP contribution in [0.3, 0.4) is 0 Å². The van der Waals surface area contributed by atoms with Crippen molar-refractivity contribution >= 4 is 29.3 Å². The zero-order chi connectivity index (χ0) is 10.8. The predicted octanol–water partition coefficient (Wildman–Crippen LogP) is 2.15. The lowest BCUT2D eigenvalue weighted by atomic mass is 10.1. The monoisotopic (exact) mass is 252 g/mol. The van der Waals surface area contributed by atoms with E-state index in [1.165, 1.54) is 12.8 Å². The van der Waals surface area contributed by atoms with Crippen LogP contribution in [0.2, 0.25) is 0 Å². The second-order valence-corrected chi connectivity index (χ2v) is 4.28. The number of fused-ring (bicyclic) bond motifs is 1. The Hall–Kier alpha value is -1.26. The molecule has 3 heterocycles. The lowest BCUT2D eigenvalue weighted by Crippen LogP contribution is -2.35. The van der Waals surface area contributed by atoms with Crippen molar-refractivity contribution in [2.45, 2.75) is 18.9 Å². The average Bonchev–Trinajstić information content (AvgIpc) is 2.77. The summed E-state index contributed by atoms with van der Waals surface area (Å²) in [5, 5.41) is 8.01. The number of aromatic amines is 1. The molecule has 92 valence electrons. The third-order valence-corrected chi connectivity index (χ3v) is 3.10. The summed E-state index contributed by atoms with van der Waals surface area (Å²) in [5.41, 5.74) is 0.957. The van der Waals surface area contributed by atoms with Gasteiger partial charge in [-0.3, -0.25) is 0 Å². The van der Waals surface area contributed by atoms with Crippen LogP contribution in [0.4, 0.5) is 5.82 Å². The minimum atomic E-state index is 0. The van der Waals surface area contributed by atoms with Crippen molar-refractivity contribution in [1.29, 1.82) is 0 Å². The molecule has 1 aliphatic rings. The van der Waals surface area contributed by atoms with Crippen LogP contribution < -0.4 is 10.6 Å². The number of nitrogens with zero attached hydrogens (tertiary/aromatic N) is 1. The van der Waals surface area contributed by atoms with Gasteiger partial charge in [0.15, 0.2) is 0 Å². The zero-order valence-electron chi connectivity index (χ0n) is 9.57. The van der Waals surface area contributed by atoms with E-state index in [1.807, 2.05) is 12.3 Å². The zero-order valence-corrected chi connectivity index (χ0v) is 10.4. The molecule has 5 heteroatoms. The van der Waals surface area contributed by atoms with Gasteiger partial charge in [0.2, 0.25) is 0 Å². The maximum atomic E-state index is 4.54. The lowest BCUT2D eigenvalue weighted by molar-refractivity contribution is 0.478. The van der Waals surface area contributed by atoms with E-state index in [4.69, 9.17) is 0 Å². The number of halogens is 1. The molecule has 1 saturated heterocycles. The van der Waals surface area contributed by atoms with E-state index in [0.717, 1.165) is 29.9 Å². The molecule has 1 aliphatic heterocycles. The molecule has 0 bridgehead atoms. The van der Waals surface area contributed by atoms with Crippen LogP contribution >= 0.6 is 12.4 Å². The SMILES string of the molecule is Cl.c1cc2ccc(NC3CCNCC3)nc2[nH]1. The molecular weight excluding hydrogens is 236 g/mol. The van der Waals surface area contributed by atoms with Crippen molar-refractivity contribution in [3.8, 4) is 0 Å². The van der Waals surface area contributed by atoms with Gasteiger partial charge in [-0.05, 0) is 44.1 Å². The highest BCUT2D eigenvalue weighted by atomic mass is 35.5. The van der Waals surface area contributed by atoms with Crippen LogP contribution in [0.15, 0.2) is 24.4 Å². The first kappa shape index (κ1) is 12.2. The molecule has 0 saturated carbocycles. The molecule has 0 aliphatic carbocycles. The van der Waals surface area contributed by atoms with Crippen LogP contribution in [0, 0.1) is 0 Å². The highest BCUT2D eigenvalue weighted by Crippen LogP contribution is 2.15. The smallest absolute Gasteiger partial charge is 0.139 e. The molecule has 1 fully saturated rings. The van der Waals surface area contributed by atoms with E-state index in [0.29, 0.717) is 6.04 Å². The molecule has 3 rings (SSSR count). The van der Waals surface area contributed by atoms with Gasteiger partial charge < -0.3 is 15.6 Å². The summed E-state index contributed by atoms with van der Waals surface area (Å²) in [6, 6.07) is 6.75. The summed E-state index contributed by atoms with van der Waals surface area (Å²) in [7, 11) is 0. The van der Waals surface area contributed by atoms with Gasteiger partial charge in [-0.2, -0.15) is 0 Å². The number of pyridine rings is 1. The van der Waals surface area contributed by atoms with E-state index in [-0.39, 0.29) is 12.4 Å². The number of hydrogen-bond acceptors (Lipinski definition) is 3. The molecule has 3 N–H and O–H groups in total. The first-order valence-corrected chi connectivity index (χ1v) is 5.83. The van der Waals surface area contributed by atoms with Gasteiger partial charge in [0.25, 0.3) is 0 Å². The fourth-order valence-corrected chi connectivity index (χ4v) is 2.19. The van der Waals surface area contributed by atoms with E-state index < -0.39 is 0 Å². The highest BCUT2D eigenvalue weighted by Gasteiger charge is 2.12. The quantitative estimate of drug-likeness (QED) is 0.768. The largest absolute Gasteiger partial charge is 0.367 e. The lowest BCUT2D eigenvalue weighted by Gasteiger charge is -2.24. The van der Waals surface area contributed by atoms with Crippen LogP contribution in [0.1, 0.15) is 12.8 Å². The number of hydrogen-bond donors (Lipinski definition) is 3. The Kier molecular flexibility index (Phi) is 3.86. The first-order chi connectivity index (χ1) is 7.92. The number of rotatable bonds is 2. The molecule has 0 radical (unpaired) electrons. The third-order valence-electron chi connectivity index (χ3n) is 3.10. The number of nitrogens with one attached hydrogen (secondary N) is 3. The Bertz CT molecular complexity index is 476. The maximum absolute atomic E-state index is 4.54. The van der Waals surface area contributed by atoms with E-state index in [9.17, 15) is 0 Å². The van der Waals surface area contributed by atoms with Crippen molar-refractivity contribution in [3.63, 3.8) is 0 Å².